The van der Waals surface area contributed by atoms with Crippen LogP contribution in [0.2, 0.25) is 0 Å². The van der Waals surface area contributed by atoms with Crippen molar-refractivity contribution in [3.63, 3.8) is 0 Å². The summed E-state index contributed by atoms with van der Waals surface area (Å²) >= 11 is 0. The van der Waals surface area contributed by atoms with Gasteiger partial charge in [0.05, 0.1) is 5.69 Å². The van der Waals surface area contributed by atoms with Crippen molar-refractivity contribution in [3.05, 3.63) is 54.0 Å². The number of piperazine rings is 1. The Morgan fingerprint density at radius 1 is 0.941 bits per heavy atom. The second-order valence-electron chi connectivity index (χ2n) is 9.11. The van der Waals surface area contributed by atoms with E-state index in [9.17, 15) is 9.18 Å². The van der Waals surface area contributed by atoms with E-state index in [0.717, 1.165) is 23.7 Å². The molecule has 2 aliphatic heterocycles. The first kappa shape index (κ1) is 22.3. The molecule has 178 valence electrons. The lowest BCUT2D eigenvalue weighted by Gasteiger charge is -2.36. The lowest BCUT2D eigenvalue weighted by Crippen LogP contribution is -2.49. The van der Waals surface area contributed by atoms with Gasteiger partial charge in [0.1, 0.15) is 11.5 Å². The maximum atomic E-state index is 13.2. The summed E-state index contributed by atoms with van der Waals surface area (Å²) in [5.41, 5.74) is 1.96. The molecule has 2 saturated heterocycles. The molecule has 2 fully saturated rings. The Bertz CT molecular complexity index is 1140. The van der Waals surface area contributed by atoms with Crippen LogP contribution in [-0.4, -0.2) is 69.6 Å². The van der Waals surface area contributed by atoms with Crippen LogP contribution in [0, 0.1) is 5.82 Å². The number of nitrogens with zero attached hydrogens (tertiary/aromatic N) is 7. The zero-order valence-electron chi connectivity index (χ0n) is 19.7. The number of anilines is 2. The summed E-state index contributed by atoms with van der Waals surface area (Å²) in [5.74, 6) is 1.44. The van der Waals surface area contributed by atoms with Crippen LogP contribution < -0.4 is 9.80 Å². The second kappa shape index (κ2) is 9.40. The SMILES string of the molecule is CC1CCCCN1c1ccc(N2CCN(C(=O)c3cc(-c4ccc(F)cc4)nn3C)CC2)nn1. The Balaban J connectivity index is 1.21. The third-order valence-corrected chi connectivity index (χ3v) is 6.86. The minimum atomic E-state index is -0.297. The van der Waals surface area contributed by atoms with Crippen LogP contribution in [-0.2, 0) is 7.05 Å². The van der Waals surface area contributed by atoms with E-state index in [0.29, 0.717) is 43.6 Å². The maximum absolute atomic E-state index is 13.2. The first-order chi connectivity index (χ1) is 16.5. The van der Waals surface area contributed by atoms with Gasteiger partial charge in [0.2, 0.25) is 0 Å². The molecule has 4 heterocycles. The number of rotatable bonds is 4. The van der Waals surface area contributed by atoms with Crippen molar-refractivity contribution in [2.24, 2.45) is 7.05 Å². The van der Waals surface area contributed by atoms with Crippen molar-refractivity contribution in [1.29, 1.82) is 0 Å². The van der Waals surface area contributed by atoms with Crippen molar-refractivity contribution in [3.8, 4) is 11.3 Å². The van der Waals surface area contributed by atoms with Gasteiger partial charge in [-0.15, -0.1) is 10.2 Å². The molecule has 0 bridgehead atoms. The number of benzene rings is 1. The van der Waals surface area contributed by atoms with Crippen LogP contribution in [0.4, 0.5) is 16.0 Å². The third kappa shape index (κ3) is 4.47. The summed E-state index contributed by atoms with van der Waals surface area (Å²) in [6.07, 6.45) is 3.67. The van der Waals surface area contributed by atoms with Gasteiger partial charge >= 0.3 is 0 Å². The van der Waals surface area contributed by atoms with Crippen LogP contribution in [0.15, 0.2) is 42.5 Å². The summed E-state index contributed by atoms with van der Waals surface area (Å²) < 4.78 is 14.8. The minimum Gasteiger partial charge on any atom is -0.352 e. The molecule has 0 saturated carbocycles. The Morgan fingerprint density at radius 2 is 1.65 bits per heavy atom. The maximum Gasteiger partial charge on any atom is 0.272 e. The molecule has 8 nitrogen and oxygen atoms in total. The van der Waals surface area contributed by atoms with E-state index in [4.69, 9.17) is 0 Å². The van der Waals surface area contributed by atoms with Gasteiger partial charge in [0.25, 0.3) is 5.91 Å². The van der Waals surface area contributed by atoms with E-state index in [1.165, 1.54) is 31.4 Å². The van der Waals surface area contributed by atoms with Crippen molar-refractivity contribution in [1.82, 2.24) is 24.9 Å². The molecular formula is C25H30FN7O. The highest BCUT2D eigenvalue weighted by Gasteiger charge is 2.26. The van der Waals surface area contributed by atoms with E-state index < -0.39 is 0 Å². The molecule has 0 spiro atoms. The predicted molar refractivity (Wildman–Crippen MR) is 129 cm³/mol. The number of aryl methyl sites for hydroxylation is 1. The fourth-order valence-electron chi connectivity index (χ4n) is 4.81. The highest BCUT2D eigenvalue weighted by molar-refractivity contribution is 5.94. The summed E-state index contributed by atoms with van der Waals surface area (Å²) in [5, 5.41) is 13.4. The quantitative estimate of drug-likeness (QED) is 0.591. The Labute approximate surface area is 199 Å². The van der Waals surface area contributed by atoms with Gasteiger partial charge in [-0.25, -0.2) is 4.39 Å². The number of carbonyl (C=O) groups is 1. The average Bonchev–Trinajstić information content (AvgIpc) is 3.26. The molecule has 3 aromatic rings. The molecule has 34 heavy (non-hydrogen) atoms. The minimum absolute atomic E-state index is 0.0523. The van der Waals surface area contributed by atoms with Crippen molar-refractivity contribution in [2.45, 2.75) is 32.2 Å². The van der Waals surface area contributed by atoms with Gasteiger partial charge in [0, 0.05) is 51.4 Å². The van der Waals surface area contributed by atoms with Crippen LogP contribution >= 0.6 is 0 Å². The van der Waals surface area contributed by atoms with Crippen molar-refractivity contribution < 1.29 is 9.18 Å². The van der Waals surface area contributed by atoms with E-state index in [2.05, 4.69) is 38.1 Å². The Morgan fingerprint density at radius 3 is 2.32 bits per heavy atom. The molecule has 0 radical (unpaired) electrons. The largest absolute Gasteiger partial charge is 0.352 e. The van der Waals surface area contributed by atoms with Gasteiger partial charge in [-0.05, 0) is 68.7 Å². The monoisotopic (exact) mass is 463 g/mol. The first-order valence-electron chi connectivity index (χ1n) is 11.9. The zero-order chi connectivity index (χ0) is 23.7. The average molecular weight is 464 g/mol. The van der Waals surface area contributed by atoms with E-state index >= 15 is 0 Å². The molecule has 9 heteroatoms. The van der Waals surface area contributed by atoms with Crippen LogP contribution in [0.5, 0.6) is 0 Å². The zero-order valence-corrected chi connectivity index (χ0v) is 19.7. The molecule has 1 unspecified atom stereocenters. The van der Waals surface area contributed by atoms with E-state index in [1.54, 1.807) is 29.9 Å². The van der Waals surface area contributed by atoms with E-state index in [1.807, 2.05) is 11.0 Å². The predicted octanol–water partition coefficient (Wildman–Crippen LogP) is 3.36. The molecule has 0 N–H and O–H groups in total. The molecule has 1 atom stereocenters. The lowest BCUT2D eigenvalue weighted by atomic mass is 10.0. The van der Waals surface area contributed by atoms with Gasteiger partial charge in [-0.2, -0.15) is 5.10 Å². The van der Waals surface area contributed by atoms with Crippen LogP contribution in [0.25, 0.3) is 11.3 Å². The van der Waals surface area contributed by atoms with Crippen molar-refractivity contribution in [2.75, 3.05) is 42.5 Å². The highest BCUT2D eigenvalue weighted by atomic mass is 19.1. The molecule has 1 amide bonds. The van der Waals surface area contributed by atoms with Gasteiger partial charge in [-0.3, -0.25) is 9.48 Å². The molecule has 0 aliphatic carbocycles. The Hall–Kier alpha value is -3.49. The summed E-state index contributed by atoms with van der Waals surface area (Å²) in [4.78, 5) is 19.5. The lowest BCUT2D eigenvalue weighted by molar-refractivity contribution is 0.0735. The Kier molecular flexibility index (Phi) is 6.17. The number of aromatic nitrogens is 4. The number of hydrogen-bond donors (Lipinski definition) is 0. The summed E-state index contributed by atoms with van der Waals surface area (Å²) in [6.45, 7) is 5.87. The highest BCUT2D eigenvalue weighted by Crippen LogP contribution is 2.24. The molecule has 2 aliphatic rings. The smallest absolute Gasteiger partial charge is 0.272 e. The molecular weight excluding hydrogens is 433 g/mol. The first-order valence-corrected chi connectivity index (χ1v) is 11.9. The third-order valence-electron chi connectivity index (χ3n) is 6.86. The summed E-state index contributed by atoms with van der Waals surface area (Å²) in [7, 11) is 1.76. The fraction of sp³-hybridized carbons (Fsp3) is 0.440. The fourth-order valence-corrected chi connectivity index (χ4v) is 4.81. The molecule has 5 rings (SSSR count). The van der Waals surface area contributed by atoms with Gasteiger partial charge < -0.3 is 14.7 Å². The number of amides is 1. The van der Waals surface area contributed by atoms with Crippen molar-refractivity contribution >= 4 is 17.5 Å². The number of piperidine rings is 1. The summed E-state index contributed by atoms with van der Waals surface area (Å²) in [6, 6.07) is 12.5. The van der Waals surface area contributed by atoms with Gasteiger partial charge in [0.15, 0.2) is 11.6 Å². The molecule has 2 aromatic heterocycles. The number of hydrogen-bond acceptors (Lipinski definition) is 6. The second-order valence-corrected chi connectivity index (χ2v) is 9.11. The molecule has 1 aromatic carbocycles. The van der Waals surface area contributed by atoms with Gasteiger partial charge in [-0.1, -0.05) is 0 Å². The van der Waals surface area contributed by atoms with Crippen LogP contribution in [0.3, 0.4) is 0 Å². The number of halogens is 1. The van der Waals surface area contributed by atoms with E-state index in [-0.39, 0.29) is 11.7 Å². The standard InChI is InChI=1S/C25H30FN7O/c1-18-5-3-4-12-33(18)24-11-10-23(27-28-24)31-13-15-32(16-14-31)25(34)22-17-21(29-30(22)2)19-6-8-20(26)9-7-19/h6-11,17-18H,3-5,12-16H2,1-2H3. The normalized spacial score (nSPS) is 18.9. The number of carbonyl (C=O) groups excluding carboxylic acids is 1. The topological polar surface area (TPSA) is 70.4 Å². The van der Waals surface area contributed by atoms with Crippen LogP contribution in [0.1, 0.15) is 36.7 Å².